The number of allylic oxidation sites excluding steroid dienone is 2. The number of para-hydroxylation sites is 1. The Balaban J connectivity index is 2.07. The Morgan fingerprint density at radius 1 is 0.857 bits per heavy atom. The van der Waals surface area contributed by atoms with Crippen molar-refractivity contribution in [2.24, 2.45) is 5.73 Å². The van der Waals surface area contributed by atoms with Gasteiger partial charge in [0, 0.05) is 16.8 Å². The molecule has 3 rings (SSSR count). The molecule has 0 bridgehead atoms. The van der Waals surface area contributed by atoms with Gasteiger partial charge in [-0.2, -0.15) is 0 Å². The number of carbonyl (C=O) groups excluding carboxylic acids is 2. The first-order valence-corrected chi connectivity index (χ1v) is 6.60. The molecule has 0 spiro atoms. The molecular formula is C17H14N2O2. The molecule has 1 aliphatic rings. The van der Waals surface area contributed by atoms with E-state index in [1.165, 1.54) is 0 Å². The van der Waals surface area contributed by atoms with Gasteiger partial charge in [0.05, 0.1) is 0 Å². The number of ketones is 2. The van der Waals surface area contributed by atoms with Crippen molar-refractivity contribution in [1.29, 1.82) is 0 Å². The molecule has 0 saturated heterocycles. The average Bonchev–Trinajstić information content (AvgIpc) is 2.51. The fraction of sp³-hybridized carbons (Fsp3) is 0.0588. The summed E-state index contributed by atoms with van der Waals surface area (Å²) in [5.74, 6) is -0.577. The van der Waals surface area contributed by atoms with Crippen molar-refractivity contribution >= 4 is 17.3 Å². The van der Waals surface area contributed by atoms with E-state index in [-0.39, 0.29) is 23.0 Å². The van der Waals surface area contributed by atoms with E-state index >= 15 is 0 Å². The van der Waals surface area contributed by atoms with Gasteiger partial charge < -0.3 is 11.1 Å². The number of rotatable bonds is 2. The van der Waals surface area contributed by atoms with Gasteiger partial charge in [0.1, 0.15) is 11.4 Å². The van der Waals surface area contributed by atoms with Crippen molar-refractivity contribution in [3.8, 4) is 0 Å². The molecule has 1 aliphatic carbocycles. The van der Waals surface area contributed by atoms with E-state index in [1.807, 2.05) is 31.2 Å². The van der Waals surface area contributed by atoms with Crippen LogP contribution in [0, 0.1) is 6.92 Å². The molecule has 21 heavy (non-hydrogen) atoms. The molecule has 4 heteroatoms. The van der Waals surface area contributed by atoms with Gasteiger partial charge in [-0.15, -0.1) is 0 Å². The van der Waals surface area contributed by atoms with E-state index in [0.29, 0.717) is 11.1 Å². The maximum Gasteiger partial charge on any atom is 0.212 e. The summed E-state index contributed by atoms with van der Waals surface area (Å²) < 4.78 is 0. The van der Waals surface area contributed by atoms with E-state index < -0.39 is 0 Å². The fourth-order valence-electron chi connectivity index (χ4n) is 2.37. The highest BCUT2D eigenvalue weighted by molar-refractivity contribution is 6.27. The molecule has 0 amide bonds. The molecule has 104 valence electrons. The lowest BCUT2D eigenvalue weighted by molar-refractivity contribution is 0.0974. The summed E-state index contributed by atoms with van der Waals surface area (Å²) in [6.45, 7) is 1.92. The van der Waals surface area contributed by atoms with Gasteiger partial charge in [-0.05, 0) is 18.6 Å². The smallest absolute Gasteiger partial charge is 0.212 e. The third-order valence-corrected chi connectivity index (χ3v) is 3.56. The number of benzene rings is 2. The first kappa shape index (κ1) is 13.1. The molecular weight excluding hydrogens is 264 g/mol. The van der Waals surface area contributed by atoms with Crippen molar-refractivity contribution in [2.75, 3.05) is 5.32 Å². The van der Waals surface area contributed by atoms with Gasteiger partial charge in [-0.1, -0.05) is 42.5 Å². The average molecular weight is 278 g/mol. The third-order valence-electron chi connectivity index (χ3n) is 3.56. The second kappa shape index (κ2) is 4.90. The van der Waals surface area contributed by atoms with Crippen LogP contribution in [0.2, 0.25) is 0 Å². The summed E-state index contributed by atoms with van der Waals surface area (Å²) in [5, 5.41) is 3.00. The molecule has 0 atom stereocenters. The number of carbonyl (C=O) groups is 2. The second-order valence-corrected chi connectivity index (χ2v) is 4.93. The maximum atomic E-state index is 12.5. The zero-order chi connectivity index (χ0) is 15.0. The zero-order valence-electron chi connectivity index (χ0n) is 11.5. The van der Waals surface area contributed by atoms with Gasteiger partial charge in [-0.3, -0.25) is 9.59 Å². The molecule has 0 radical (unpaired) electrons. The SMILES string of the molecule is Cc1ccccc1NC1=C(N)C(=O)c2ccccc2C1=O. The van der Waals surface area contributed by atoms with Crippen LogP contribution in [0.1, 0.15) is 26.3 Å². The van der Waals surface area contributed by atoms with Gasteiger partial charge in [-0.25, -0.2) is 0 Å². The third kappa shape index (κ3) is 2.10. The Labute approximate surface area is 122 Å². The molecule has 0 fully saturated rings. The van der Waals surface area contributed by atoms with Crippen LogP contribution < -0.4 is 11.1 Å². The maximum absolute atomic E-state index is 12.5. The topological polar surface area (TPSA) is 72.2 Å². The Bertz CT molecular complexity index is 791. The molecule has 3 N–H and O–H groups in total. The van der Waals surface area contributed by atoms with E-state index in [1.54, 1.807) is 24.3 Å². The lowest BCUT2D eigenvalue weighted by Crippen LogP contribution is -2.30. The molecule has 2 aromatic carbocycles. The number of nitrogens with two attached hydrogens (primary N) is 1. The van der Waals surface area contributed by atoms with Crippen LogP contribution >= 0.6 is 0 Å². The van der Waals surface area contributed by atoms with Crippen LogP contribution in [-0.2, 0) is 0 Å². The summed E-state index contributed by atoms with van der Waals surface area (Å²) in [6, 6.07) is 14.2. The number of anilines is 1. The van der Waals surface area contributed by atoms with Crippen molar-refractivity contribution in [3.05, 3.63) is 76.6 Å². The predicted octanol–water partition coefficient (Wildman–Crippen LogP) is 2.66. The first-order valence-electron chi connectivity index (χ1n) is 6.60. The second-order valence-electron chi connectivity index (χ2n) is 4.93. The fourth-order valence-corrected chi connectivity index (χ4v) is 2.37. The standard InChI is InChI=1S/C17H14N2O2/c1-10-6-2-5-9-13(10)19-15-14(18)16(20)11-7-3-4-8-12(11)17(15)21/h2-9,19H,18H2,1H3. The minimum Gasteiger partial charge on any atom is -0.394 e. The minimum absolute atomic E-state index is 0.0399. The highest BCUT2D eigenvalue weighted by Gasteiger charge is 2.30. The van der Waals surface area contributed by atoms with E-state index in [0.717, 1.165) is 11.3 Å². The number of aryl methyl sites for hydroxylation is 1. The first-order chi connectivity index (χ1) is 10.1. The number of hydrogen-bond donors (Lipinski definition) is 2. The predicted molar refractivity (Wildman–Crippen MR) is 81.1 cm³/mol. The van der Waals surface area contributed by atoms with E-state index in [9.17, 15) is 9.59 Å². The summed E-state index contributed by atoms with van der Waals surface area (Å²) in [6.07, 6.45) is 0. The van der Waals surface area contributed by atoms with Gasteiger partial charge in [0.15, 0.2) is 0 Å². The molecule has 4 nitrogen and oxygen atoms in total. The Hall–Kier alpha value is -2.88. The molecule has 0 saturated carbocycles. The summed E-state index contributed by atoms with van der Waals surface area (Å²) in [7, 11) is 0. The summed E-state index contributed by atoms with van der Waals surface area (Å²) >= 11 is 0. The number of fused-ring (bicyclic) bond motifs is 1. The highest BCUT2D eigenvalue weighted by Crippen LogP contribution is 2.26. The van der Waals surface area contributed by atoms with Crippen molar-refractivity contribution in [1.82, 2.24) is 0 Å². The zero-order valence-corrected chi connectivity index (χ0v) is 11.5. The van der Waals surface area contributed by atoms with Gasteiger partial charge >= 0.3 is 0 Å². The number of nitrogens with one attached hydrogen (secondary N) is 1. The Morgan fingerprint density at radius 2 is 1.43 bits per heavy atom. The van der Waals surface area contributed by atoms with Crippen LogP contribution in [-0.4, -0.2) is 11.6 Å². The molecule has 2 aromatic rings. The Kier molecular flexibility index (Phi) is 3.06. The van der Waals surface area contributed by atoms with E-state index in [2.05, 4.69) is 5.32 Å². The number of Topliss-reactive ketones (excluding diaryl/α,β-unsaturated/α-hetero) is 2. The van der Waals surface area contributed by atoms with Crippen LogP contribution in [0.25, 0.3) is 0 Å². The molecule has 0 aromatic heterocycles. The van der Waals surface area contributed by atoms with Crippen molar-refractivity contribution in [2.45, 2.75) is 6.92 Å². The molecule has 0 heterocycles. The highest BCUT2D eigenvalue weighted by atomic mass is 16.1. The quantitative estimate of drug-likeness (QED) is 0.885. The largest absolute Gasteiger partial charge is 0.394 e. The normalized spacial score (nSPS) is 14.1. The van der Waals surface area contributed by atoms with Crippen LogP contribution in [0.3, 0.4) is 0 Å². The Morgan fingerprint density at radius 3 is 2.10 bits per heavy atom. The van der Waals surface area contributed by atoms with Gasteiger partial charge in [0.2, 0.25) is 11.6 Å². The van der Waals surface area contributed by atoms with Crippen LogP contribution in [0.5, 0.6) is 0 Å². The monoisotopic (exact) mass is 278 g/mol. The van der Waals surface area contributed by atoms with Crippen molar-refractivity contribution in [3.63, 3.8) is 0 Å². The summed E-state index contributed by atoms with van der Waals surface area (Å²) in [4.78, 5) is 24.8. The van der Waals surface area contributed by atoms with Gasteiger partial charge in [0.25, 0.3) is 0 Å². The molecule has 0 unspecified atom stereocenters. The summed E-state index contributed by atoms with van der Waals surface area (Å²) in [5.41, 5.74) is 8.45. The lowest BCUT2D eigenvalue weighted by Gasteiger charge is -2.20. The van der Waals surface area contributed by atoms with Crippen LogP contribution in [0.15, 0.2) is 59.9 Å². The van der Waals surface area contributed by atoms with E-state index in [4.69, 9.17) is 5.73 Å². The van der Waals surface area contributed by atoms with Crippen LogP contribution in [0.4, 0.5) is 5.69 Å². The minimum atomic E-state index is -0.318. The molecule has 0 aliphatic heterocycles. The number of hydrogen-bond acceptors (Lipinski definition) is 4. The van der Waals surface area contributed by atoms with Crippen molar-refractivity contribution < 1.29 is 9.59 Å². The lowest BCUT2D eigenvalue weighted by atomic mass is 9.90.